The molecule has 35 heavy (non-hydrogen) atoms. The van der Waals surface area contributed by atoms with Crippen LogP contribution in [0.15, 0.2) is 60.8 Å². The van der Waals surface area contributed by atoms with E-state index in [-0.39, 0.29) is 22.7 Å². The molecule has 0 spiro atoms. The van der Waals surface area contributed by atoms with E-state index in [1.165, 1.54) is 5.56 Å². The Labute approximate surface area is 207 Å². The molecule has 1 aliphatic carbocycles. The van der Waals surface area contributed by atoms with E-state index in [1.807, 2.05) is 24.3 Å². The van der Waals surface area contributed by atoms with Gasteiger partial charge in [0.2, 0.25) is 0 Å². The Balaban J connectivity index is 1.35. The van der Waals surface area contributed by atoms with Crippen LogP contribution in [0.3, 0.4) is 0 Å². The number of carbonyl (C=O) groups is 1. The smallest absolute Gasteiger partial charge is 0.349 e. The van der Waals surface area contributed by atoms with E-state index in [0.29, 0.717) is 5.92 Å². The molecule has 1 aromatic heterocycles. The number of carbonyl (C=O) groups excluding carboxylic acids is 1. The molecule has 9 heteroatoms. The van der Waals surface area contributed by atoms with Gasteiger partial charge in [-0.1, -0.05) is 41.9 Å². The molecular formula is C26H28ClF3N4O. The zero-order chi connectivity index (χ0) is 25.0. The third kappa shape index (κ3) is 6.24. The highest BCUT2D eigenvalue weighted by atomic mass is 35.5. The molecule has 186 valence electrons. The summed E-state index contributed by atoms with van der Waals surface area (Å²) in [6, 6.07) is 15.0. The molecule has 1 fully saturated rings. The van der Waals surface area contributed by atoms with Crippen LogP contribution in [0.2, 0.25) is 5.02 Å². The van der Waals surface area contributed by atoms with Gasteiger partial charge in [-0.2, -0.15) is 18.3 Å². The maximum Gasteiger partial charge on any atom is 0.416 e. The highest BCUT2D eigenvalue weighted by molar-refractivity contribution is 6.33. The molecule has 2 N–H and O–H groups in total. The Morgan fingerprint density at radius 2 is 1.86 bits per heavy atom. The van der Waals surface area contributed by atoms with Gasteiger partial charge in [-0.15, -0.1) is 0 Å². The highest BCUT2D eigenvalue weighted by Gasteiger charge is 2.32. The Morgan fingerprint density at radius 3 is 2.49 bits per heavy atom. The molecule has 1 aliphatic rings. The first-order chi connectivity index (χ1) is 16.7. The second-order valence-electron chi connectivity index (χ2n) is 9.15. The van der Waals surface area contributed by atoms with Crippen molar-refractivity contribution >= 4 is 17.5 Å². The van der Waals surface area contributed by atoms with E-state index < -0.39 is 17.6 Å². The van der Waals surface area contributed by atoms with E-state index in [9.17, 15) is 18.0 Å². The number of hydrogen-bond donors (Lipinski definition) is 2. The molecule has 2 aromatic carbocycles. The molecule has 1 amide bonds. The minimum atomic E-state index is -4.53. The Morgan fingerprint density at radius 1 is 1.14 bits per heavy atom. The number of alkyl halides is 3. The van der Waals surface area contributed by atoms with Gasteiger partial charge in [-0.05, 0) is 68.5 Å². The fourth-order valence-corrected chi connectivity index (χ4v) is 5.07. The monoisotopic (exact) mass is 504 g/mol. The molecule has 0 aliphatic heterocycles. The number of benzene rings is 2. The second-order valence-corrected chi connectivity index (χ2v) is 9.56. The summed E-state index contributed by atoms with van der Waals surface area (Å²) < 4.78 is 39.1. The third-order valence-electron chi connectivity index (χ3n) is 6.64. The topological polar surface area (TPSA) is 61.0 Å². The zero-order valence-electron chi connectivity index (χ0n) is 19.4. The summed E-state index contributed by atoms with van der Waals surface area (Å²) in [4.78, 5) is 15.0. The number of nitrogens with one attached hydrogen (secondary N) is 2. The van der Waals surface area contributed by atoms with Gasteiger partial charge in [0, 0.05) is 18.8 Å². The number of amides is 1. The molecule has 5 nitrogen and oxygen atoms in total. The summed E-state index contributed by atoms with van der Waals surface area (Å²) in [5.74, 6) is -0.121. The lowest BCUT2D eigenvalue weighted by atomic mass is 9.85. The van der Waals surface area contributed by atoms with Crippen LogP contribution in [0, 0.1) is 5.92 Å². The first-order valence-corrected chi connectivity index (χ1v) is 12.0. The van der Waals surface area contributed by atoms with E-state index in [2.05, 4.69) is 39.6 Å². The maximum atomic E-state index is 13.0. The predicted octanol–water partition coefficient (Wildman–Crippen LogP) is 6.09. The Hall–Kier alpha value is -2.84. The first kappa shape index (κ1) is 25.3. The van der Waals surface area contributed by atoms with Gasteiger partial charge in [0.25, 0.3) is 5.91 Å². The van der Waals surface area contributed by atoms with Crippen molar-refractivity contribution in [3.05, 3.63) is 88.2 Å². The van der Waals surface area contributed by atoms with Crippen LogP contribution in [0.4, 0.5) is 13.2 Å². The van der Waals surface area contributed by atoms with E-state index >= 15 is 0 Å². The lowest BCUT2D eigenvalue weighted by molar-refractivity contribution is -0.137. The molecular weight excluding hydrogens is 477 g/mol. The molecule has 3 aromatic rings. The Kier molecular flexibility index (Phi) is 7.82. The van der Waals surface area contributed by atoms with E-state index in [1.54, 1.807) is 6.20 Å². The average Bonchev–Trinajstić information content (AvgIpc) is 3.35. The summed E-state index contributed by atoms with van der Waals surface area (Å²) in [7, 11) is 2.10. The largest absolute Gasteiger partial charge is 0.416 e. The summed E-state index contributed by atoms with van der Waals surface area (Å²) in [6.45, 7) is 0.874. The fraction of sp³-hybridized carbons (Fsp3) is 0.385. The lowest BCUT2D eigenvalue weighted by Gasteiger charge is -2.35. The van der Waals surface area contributed by atoms with Crippen LogP contribution in [-0.4, -0.2) is 40.6 Å². The third-order valence-corrected chi connectivity index (χ3v) is 6.97. The predicted molar refractivity (Wildman–Crippen MR) is 129 cm³/mol. The van der Waals surface area contributed by atoms with Crippen molar-refractivity contribution in [1.82, 2.24) is 20.4 Å². The van der Waals surface area contributed by atoms with Crippen LogP contribution in [0.1, 0.15) is 58.9 Å². The van der Waals surface area contributed by atoms with Crippen molar-refractivity contribution in [2.24, 2.45) is 5.92 Å². The number of nitrogens with zero attached hydrogens (tertiary/aromatic N) is 2. The quantitative estimate of drug-likeness (QED) is 0.409. The van der Waals surface area contributed by atoms with Crippen LogP contribution in [0.25, 0.3) is 0 Å². The second kappa shape index (κ2) is 10.8. The summed E-state index contributed by atoms with van der Waals surface area (Å²) in [5, 5.41) is 10.1. The fourth-order valence-electron chi connectivity index (χ4n) is 4.87. The van der Waals surface area contributed by atoms with Gasteiger partial charge in [0.1, 0.15) is 0 Å². The van der Waals surface area contributed by atoms with Gasteiger partial charge in [0.15, 0.2) is 0 Å². The van der Waals surface area contributed by atoms with Crippen molar-refractivity contribution in [2.75, 3.05) is 13.6 Å². The number of rotatable bonds is 7. The number of aromatic nitrogens is 2. The van der Waals surface area contributed by atoms with Crippen molar-refractivity contribution in [1.29, 1.82) is 0 Å². The molecule has 0 saturated heterocycles. The van der Waals surface area contributed by atoms with E-state index in [0.717, 1.165) is 56.1 Å². The van der Waals surface area contributed by atoms with Crippen LogP contribution in [-0.2, 0) is 6.18 Å². The zero-order valence-corrected chi connectivity index (χ0v) is 20.1. The summed E-state index contributed by atoms with van der Waals surface area (Å²) in [6.07, 6.45) is 0.578. The van der Waals surface area contributed by atoms with Gasteiger partial charge in [-0.3, -0.25) is 14.8 Å². The number of aromatic amines is 1. The minimum Gasteiger partial charge on any atom is -0.349 e. The van der Waals surface area contributed by atoms with Crippen molar-refractivity contribution in [2.45, 2.75) is 43.9 Å². The summed E-state index contributed by atoms with van der Waals surface area (Å²) >= 11 is 6.02. The van der Waals surface area contributed by atoms with Gasteiger partial charge >= 0.3 is 6.18 Å². The van der Waals surface area contributed by atoms with Crippen molar-refractivity contribution < 1.29 is 18.0 Å². The molecule has 0 radical (unpaired) electrons. The van der Waals surface area contributed by atoms with Gasteiger partial charge < -0.3 is 5.32 Å². The SMILES string of the molecule is CN(CC1CCC(NC(=O)c2cc(C(F)(F)F)ccc2Cl)CC1)C(c1ccccc1)c1ccn[nH]1. The lowest BCUT2D eigenvalue weighted by Crippen LogP contribution is -2.40. The van der Waals surface area contributed by atoms with Crippen molar-refractivity contribution in [3.63, 3.8) is 0 Å². The number of halogens is 4. The van der Waals surface area contributed by atoms with Crippen molar-refractivity contribution in [3.8, 4) is 0 Å². The Bertz CT molecular complexity index is 1110. The standard InChI is InChI=1S/C26H28ClF3N4O/c1-34(24(23-13-14-31-33-23)18-5-3-2-4-6-18)16-17-7-10-20(11-8-17)32-25(35)21-15-19(26(28,29)30)9-12-22(21)27/h2-6,9,12-15,17,20,24H,7-8,10-11,16H2,1H3,(H,31,33)(H,32,35). The van der Waals surface area contributed by atoms with Gasteiger partial charge in [0.05, 0.1) is 27.9 Å². The highest BCUT2D eigenvalue weighted by Crippen LogP contribution is 2.33. The normalized spacial score (nSPS) is 19.5. The van der Waals surface area contributed by atoms with Gasteiger partial charge in [-0.25, -0.2) is 0 Å². The average molecular weight is 505 g/mol. The molecule has 1 unspecified atom stereocenters. The molecule has 1 saturated carbocycles. The number of H-pyrrole nitrogens is 1. The molecule has 0 bridgehead atoms. The van der Waals surface area contributed by atoms with Crippen LogP contribution < -0.4 is 5.32 Å². The summed E-state index contributed by atoms with van der Waals surface area (Å²) in [5.41, 5.74) is 1.17. The minimum absolute atomic E-state index is 0.0107. The molecule has 1 atom stereocenters. The molecule has 1 heterocycles. The first-order valence-electron chi connectivity index (χ1n) is 11.6. The van der Waals surface area contributed by atoms with Crippen LogP contribution >= 0.6 is 11.6 Å². The molecule has 4 rings (SSSR count). The maximum absolute atomic E-state index is 13.0. The van der Waals surface area contributed by atoms with E-state index in [4.69, 9.17) is 11.6 Å². The van der Waals surface area contributed by atoms with Crippen LogP contribution in [0.5, 0.6) is 0 Å². The number of hydrogen-bond acceptors (Lipinski definition) is 3.